The van der Waals surface area contributed by atoms with Gasteiger partial charge in [0.1, 0.15) is 4.83 Å². The van der Waals surface area contributed by atoms with E-state index in [2.05, 4.69) is 4.90 Å². The van der Waals surface area contributed by atoms with Crippen molar-refractivity contribution < 1.29 is 4.79 Å². The number of carbonyl (C=O) groups is 1. The van der Waals surface area contributed by atoms with Crippen LogP contribution in [0.15, 0.2) is 4.79 Å². The van der Waals surface area contributed by atoms with Crippen LogP contribution < -0.4 is 10.5 Å². The number of nitrogens with zero attached hydrogens (tertiary/aromatic N) is 4. The molecule has 0 N–H and O–H groups in total. The van der Waals surface area contributed by atoms with Gasteiger partial charge < -0.3 is 9.80 Å². The molecule has 0 aromatic carbocycles. The number of fused-ring (bicyclic) bond motifs is 3. The molecule has 6 nitrogen and oxygen atoms in total. The van der Waals surface area contributed by atoms with Gasteiger partial charge in [-0.25, -0.2) is 4.98 Å². The molecular weight excluding hydrogens is 336 g/mol. The first-order valence-corrected chi connectivity index (χ1v) is 9.97. The Kier molecular flexibility index (Phi) is 4.27. The first kappa shape index (κ1) is 16.6. The molecule has 1 saturated heterocycles. The van der Waals surface area contributed by atoms with Crippen molar-refractivity contribution in [2.45, 2.75) is 46.1 Å². The first-order valence-electron chi connectivity index (χ1n) is 9.15. The Morgan fingerprint density at radius 1 is 1.16 bits per heavy atom. The van der Waals surface area contributed by atoms with Crippen LogP contribution in [0, 0.1) is 0 Å². The van der Waals surface area contributed by atoms with E-state index in [0.717, 1.165) is 42.1 Å². The van der Waals surface area contributed by atoms with Crippen LogP contribution in [0.1, 0.15) is 37.1 Å². The summed E-state index contributed by atoms with van der Waals surface area (Å²) in [6, 6.07) is 0. The summed E-state index contributed by atoms with van der Waals surface area (Å²) in [4.78, 5) is 35.9. The number of hydrogen-bond donors (Lipinski definition) is 0. The van der Waals surface area contributed by atoms with Crippen LogP contribution in [0.5, 0.6) is 0 Å². The highest BCUT2D eigenvalue weighted by molar-refractivity contribution is 7.18. The Morgan fingerprint density at radius 3 is 2.56 bits per heavy atom. The predicted octanol–water partition coefficient (Wildman–Crippen LogP) is 2.03. The molecule has 25 heavy (non-hydrogen) atoms. The molecule has 1 amide bonds. The quantitative estimate of drug-likeness (QED) is 0.822. The lowest BCUT2D eigenvalue weighted by Gasteiger charge is -2.35. The lowest BCUT2D eigenvalue weighted by molar-refractivity contribution is -0.129. The normalized spacial score (nSPS) is 17.8. The molecule has 1 aliphatic heterocycles. The molecule has 0 spiro atoms. The van der Waals surface area contributed by atoms with Gasteiger partial charge in [0.2, 0.25) is 11.9 Å². The molecule has 7 heteroatoms. The Balaban J connectivity index is 1.77. The van der Waals surface area contributed by atoms with Gasteiger partial charge in [-0.05, 0) is 38.2 Å². The highest BCUT2D eigenvalue weighted by atomic mass is 32.1. The van der Waals surface area contributed by atoms with Crippen molar-refractivity contribution >= 4 is 33.4 Å². The summed E-state index contributed by atoms with van der Waals surface area (Å²) in [5.41, 5.74) is 1.36. The van der Waals surface area contributed by atoms with E-state index in [1.165, 1.54) is 23.3 Å². The van der Waals surface area contributed by atoms with Gasteiger partial charge in [0, 0.05) is 44.5 Å². The van der Waals surface area contributed by atoms with Crippen molar-refractivity contribution in [1.82, 2.24) is 14.5 Å². The van der Waals surface area contributed by atoms with Crippen LogP contribution in [-0.4, -0.2) is 46.5 Å². The second-order valence-corrected chi connectivity index (χ2v) is 7.93. The van der Waals surface area contributed by atoms with Gasteiger partial charge in [-0.3, -0.25) is 14.2 Å². The molecule has 0 saturated carbocycles. The van der Waals surface area contributed by atoms with Crippen LogP contribution >= 0.6 is 11.3 Å². The van der Waals surface area contributed by atoms with E-state index in [1.54, 1.807) is 18.3 Å². The maximum atomic E-state index is 13.2. The Bertz CT molecular complexity index is 877. The van der Waals surface area contributed by atoms with Gasteiger partial charge in [-0.1, -0.05) is 0 Å². The third kappa shape index (κ3) is 2.74. The molecule has 0 atom stereocenters. The Labute approximate surface area is 151 Å². The minimum absolute atomic E-state index is 0.107. The van der Waals surface area contributed by atoms with Crippen molar-refractivity contribution in [3.05, 3.63) is 20.8 Å². The van der Waals surface area contributed by atoms with Crippen molar-refractivity contribution in [3.63, 3.8) is 0 Å². The van der Waals surface area contributed by atoms with Crippen LogP contribution in [0.2, 0.25) is 0 Å². The number of thiophene rings is 1. The fourth-order valence-corrected chi connectivity index (χ4v) is 5.22. The van der Waals surface area contributed by atoms with Crippen molar-refractivity contribution in [3.8, 4) is 0 Å². The number of aromatic nitrogens is 2. The predicted molar refractivity (Wildman–Crippen MR) is 101 cm³/mol. The number of piperazine rings is 1. The van der Waals surface area contributed by atoms with Crippen LogP contribution in [-0.2, 0) is 24.2 Å². The summed E-state index contributed by atoms with van der Waals surface area (Å²) < 4.78 is 1.81. The molecule has 3 heterocycles. The molecule has 134 valence electrons. The van der Waals surface area contributed by atoms with E-state index in [0.29, 0.717) is 19.6 Å². The molecule has 4 rings (SSSR count). The molecule has 2 aliphatic rings. The smallest absolute Gasteiger partial charge is 0.263 e. The average Bonchev–Trinajstić information content (AvgIpc) is 3.00. The third-order valence-corrected chi connectivity index (χ3v) is 6.56. The van der Waals surface area contributed by atoms with Crippen molar-refractivity contribution in [1.29, 1.82) is 0 Å². The van der Waals surface area contributed by atoms with Gasteiger partial charge in [0.15, 0.2) is 0 Å². The molecular formula is C18H24N4O2S. The van der Waals surface area contributed by atoms with Crippen LogP contribution in [0.4, 0.5) is 5.95 Å². The average molecular weight is 360 g/mol. The summed E-state index contributed by atoms with van der Waals surface area (Å²) >= 11 is 1.70. The summed E-state index contributed by atoms with van der Waals surface area (Å²) in [5, 5.41) is 0.854. The van der Waals surface area contributed by atoms with E-state index in [-0.39, 0.29) is 11.5 Å². The maximum absolute atomic E-state index is 13.2. The zero-order chi connectivity index (χ0) is 17.6. The Morgan fingerprint density at radius 2 is 1.88 bits per heavy atom. The monoisotopic (exact) mass is 360 g/mol. The minimum atomic E-state index is 0.107. The fourth-order valence-electron chi connectivity index (χ4n) is 3.98. The SMILES string of the molecule is CCn1c(N2CCN(C(C)=O)CC2)nc2sc3c(c2c1=O)CCCC3. The lowest BCUT2D eigenvalue weighted by atomic mass is 9.97. The first-order chi connectivity index (χ1) is 12.1. The molecule has 2 aromatic heterocycles. The second kappa shape index (κ2) is 6.44. The Hall–Kier alpha value is -1.89. The van der Waals surface area contributed by atoms with E-state index in [4.69, 9.17) is 4.98 Å². The zero-order valence-electron chi connectivity index (χ0n) is 14.9. The summed E-state index contributed by atoms with van der Waals surface area (Å²) in [7, 11) is 0. The molecule has 0 bridgehead atoms. The third-order valence-electron chi connectivity index (χ3n) is 5.38. The fraction of sp³-hybridized carbons (Fsp3) is 0.611. The van der Waals surface area contributed by atoms with E-state index in [9.17, 15) is 9.59 Å². The number of carbonyl (C=O) groups excluding carboxylic acids is 1. The summed E-state index contributed by atoms with van der Waals surface area (Å²) in [6.07, 6.45) is 4.46. The molecule has 1 aliphatic carbocycles. The highest BCUT2D eigenvalue weighted by Crippen LogP contribution is 2.34. The number of anilines is 1. The number of amides is 1. The number of aryl methyl sites for hydroxylation is 2. The van der Waals surface area contributed by atoms with Gasteiger partial charge in [0.25, 0.3) is 5.56 Å². The van der Waals surface area contributed by atoms with E-state index >= 15 is 0 Å². The minimum Gasteiger partial charge on any atom is -0.339 e. The molecule has 0 unspecified atom stereocenters. The molecule has 0 radical (unpaired) electrons. The van der Waals surface area contributed by atoms with E-state index in [1.807, 2.05) is 16.4 Å². The second-order valence-electron chi connectivity index (χ2n) is 6.85. The standard InChI is InChI=1S/C18H24N4O2S/c1-3-22-17(24)15-13-6-4-5-7-14(13)25-16(15)19-18(22)21-10-8-20(9-11-21)12(2)23/h3-11H2,1-2H3. The summed E-state index contributed by atoms with van der Waals surface area (Å²) in [5.74, 6) is 0.878. The van der Waals surface area contributed by atoms with Gasteiger partial charge in [-0.15, -0.1) is 11.3 Å². The van der Waals surface area contributed by atoms with Crippen LogP contribution in [0.25, 0.3) is 10.2 Å². The van der Waals surface area contributed by atoms with E-state index < -0.39 is 0 Å². The topological polar surface area (TPSA) is 58.4 Å². The number of rotatable bonds is 2. The van der Waals surface area contributed by atoms with Gasteiger partial charge in [0.05, 0.1) is 5.39 Å². The molecule has 1 fully saturated rings. The molecule has 2 aromatic rings. The van der Waals surface area contributed by atoms with Crippen molar-refractivity contribution in [2.75, 3.05) is 31.1 Å². The zero-order valence-corrected chi connectivity index (χ0v) is 15.7. The lowest BCUT2D eigenvalue weighted by Crippen LogP contribution is -2.49. The van der Waals surface area contributed by atoms with Crippen molar-refractivity contribution in [2.24, 2.45) is 0 Å². The van der Waals surface area contributed by atoms with Gasteiger partial charge in [-0.2, -0.15) is 0 Å². The van der Waals surface area contributed by atoms with Crippen LogP contribution in [0.3, 0.4) is 0 Å². The number of hydrogen-bond acceptors (Lipinski definition) is 5. The van der Waals surface area contributed by atoms with Gasteiger partial charge >= 0.3 is 0 Å². The largest absolute Gasteiger partial charge is 0.339 e. The summed E-state index contributed by atoms with van der Waals surface area (Å²) in [6.45, 7) is 7.06. The highest BCUT2D eigenvalue weighted by Gasteiger charge is 2.26. The maximum Gasteiger partial charge on any atom is 0.263 e.